The first kappa shape index (κ1) is 16.9. The molecule has 0 bridgehead atoms. The molecule has 1 heterocycles. The highest BCUT2D eigenvalue weighted by molar-refractivity contribution is 7.16. The van der Waals surface area contributed by atoms with Crippen LogP contribution in [0.3, 0.4) is 0 Å². The van der Waals surface area contributed by atoms with Crippen molar-refractivity contribution in [1.29, 1.82) is 5.26 Å². The molecule has 2 aromatic rings. The third-order valence-electron chi connectivity index (χ3n) is 4.06. The molecule has 0 saturated heterocycles. The van der Waals surface area contributed by atoms with Gasteiger partial charge >= 0.3 is 0 Å². The number of aliphatic imine (C=N–C) groups is 1. The van der Waals surface area contributed by atoms with Crippen molar-refractivity contribution in [2.24, 2.45) is 4.99 Å². The summed E-state index contributed by atoms with van der Waals surface area (Å²) in [5.74, 6) is 0.655. The van der Waals surface area contributed by atoms with E-state index in [4.69, 9.17) is 9.47 Å². The Bertz CT molecular complexity index is 912. The highest BCUT2D eigenvalue weighted by atomic mass is 32.1. The number of nitro benzene ring substituents is 1. The highest BCUT2D eigenvalue weighted by Gasteiger charge is 2.22. The van der Waals surface area contributed by atoms with Gasteiger partial charge in [-0.15, -0.1) is 11.3 Å². The summed E-state index contributed by atoms with van der Waals surface area (Å²) in [6.45, 7) is 0. The van der Waals surface area contributed by atoms with Gasteiger partial charge in [0.05, 0.1) is 36.3 Å². The SMILES string of the molecule is COc1cc(C=Nc2sc3c(c2C#N)CCC3)c([N+](=O)[O-])cc1OC. The molecule has 0 fully saturated rings. The minimum Gasteiger partial charge on any atom is -0.493 e. The second kappa shape index (κ2) is 6.91. The van der Waals surface area contributed by atoms with Crippen LogP contribution in [0.2, 0.25) is 0 Å². The Labute approximate surface area is 148 Å². The van der Waals surface area contributed by atoms with Crippen LogP contribution in [0.4, 0.5) is 10.7 Å². The summed E-state index contributed by atoms with van der Waals surface area (Å²) in [7, 11) is 2.88. The van der Waals surface area contributed by atoms with Gasteiger partial charge in [0.25, 0.3) is 5.69 Å². The monoisotopic (exact) mass is 357 g/mol. The predicted molar refractivity (Wildman–Crippen MR) is 94.5 cm³/mol. The van der Waals surface area contributed by atoms with Gasteiger partial charge in [-0.25, -0.2) is 4.99 Å². The fraction of sp³-hybridized carbons (Fsp3) is 0.294. The zero-order valence-corrected chi connectivity index (χ0v) is 14.6. The number of hydrogen-bond acceptors (Lipinski definition) is 7. The van der Waals surface area contributed by atoms with E-state index < -0.39 is 4.92 Å². The molecule has 8 heteroatoms. The van der Waals surface area contributed by atoms with Gasteiger partial charge in [-0.3, -0.25) is 10.1 Å². The lowest BCUT2D eigenvalue weighted by atomic mass is 10.1. The molecule has 7 nitrogen and oxygen atoms in total. The fourth-order valence-corrected chi connectivity index (χ4v) is 4.05. The topological polar surface area (TPSA) is 97.8 Å². The Morgan fingerprint density at radius 1 is 1.32 bits per heavy atom. The molecule has 0 atom stereocenters. The molecule has 0 amide bonds. The lowest BCUT2D eigenvalue weighted by Gasteiger charge is -2.08. The Balaban J connectivity index is 2.04. The standard InChI is InChI=1S/C17H15N3O4S/c1-23-14-6-10(13(20(21)22)7-15(14)24-2)9-19-17-12(8-18)11-4-3-5-16(11)25-17/h6-7,9H,3-5H2,1-2H3. The van der Waals surface area contributed by atoms with Crippen LogP contribution in [0, 0.1) is 21.4 Å². The first-order valence-electron chi connectivity index (χ1n) is 7.58. The normalized spacial score (nSPS) is 12.8. The number of hydrogen-bond donors (Lipinski definition) is 0. The first-order valence-corrected chi connectivity index (χ1v) is 8.39. The molecule has 0 unspecified atom stereocenters. The van der Waals surface area contributed by atoms with E-state index in [1.807, 2.05) is 0 Å². The van der Waals surface area contributed by atoms with Gasteiger partial charge in [0.15, 0.2) is 11.5 Å². The quantitative estimate of drug-likeness (QED) is 0.461. The molecule has 1 aromatic heterocycles. The number of nitriles is 1. The summed E-state index contributed by atoms with van der Waals surface area (Å²) in [5, 5.41) is 21.3. The molecule has 0 saturated carbocycles. The van der Waals surface area contributed by atoms with Crippen LogP contribution in [0.1, 0.15) is 28.0 Å². The Morgan fingerprint density at radius 3 is 2.68 bits per heavy atom. The number of fused-ring (bicyclic) bond motifs is 1. The van der Waals surface area contributed by atoms with Crippen molar-refractivity contribution < 1.29 is 14.4 Å². The van der Waals surface area contributed by atoms with Crippen LogP contribution < -0.4 is 9.47 Å². The molecule has 0 N–H and O–H groups in total. The molecular weight excluding hydrogens is 342 g/mol. The minimum absolute atomic E-state index is 0.135. The number of nitro groups is 1. The van der Waals surface area contributed by atoms with Gasteiger partial charge in [-0.2, -0.15) is 5.26 Å². The molecule has 3 rings (SSSR count). The largest absolute Gasteiger partial charge is 0.493 e. The van der Waals surface area contributed by atoms with Crippen LogP contribution in [0.15, 0.2) is 17.1 Å². The van der Waals surface area contributed by atoms with Gasteiger partial charge in [0.2, 0.25) is 0 Å². The molecule has 1 aliphatic carbocycles. The predicted octanol–water partition coefficient (Wildman–Crippen LogP) is 3.78. The summed E-state index contributed by atoms with van der Waals surface area (Å²) >= 11 is 1.48. The lowest BCUT2D eigenvalue weighted by molar-refractivity contribution is -0.385. The van der Waals surface area contributed by atoms with E-state index in [1.54, 1.807) is 0 Å². The number of methoxy groups -OCH3 is 2. The molecule has 128 valence electrons. The minimum atomic E-state index is -0.497. The van der Waals surface area contributed by atoms with Crippen molar-refractivity contribution >= 4 is 28.2 Å². The van der Waals surface area contributed by atoms with Gasteiger partial charge in [-0.1, -0.05) is 0 Å². The van der Waals surface area contributed by atoms with Crippen LogP contribution in [-0.4, -0.2) is 25.4 Å². The molecule has 0 spiro atoms. The third-order valence-corrected chi connectivity index (χ3v) is 5.26. The number of ether oxygens (including phenoxy) is 2. The number of nitrogens with zero attached hydrogens (tertiary/aromatic N) is 3. The number of aryl methyl sites for hydroxylation is 1. The first-order chi connectivity index (χ1) is 12.1. The van der Waals surface area contributed by atoms with Crippen LogP contribution in [0.25, 0.3) is 0 Å². The second-order valence-corrected chi connectivity index (χ2v) is 6.51. The van der Waals surface area contributed by atoms with Crippen molar-refractivity contribution in [2.45, 2.75) is 19.3 Å². The van der Waals surface area contributed by atoms with Crippen LogP contribution >= 0.6 is 11.3 Å². The highest BCUT2D eigenvalue weighted by Crippen LogP contribution is 2.40. The smallest absolute Gasteiger partial charge is 0.282 e. The molecule has 1 aromatic carbocycles. The van der Waals surface area contributed by atoms with Gasteiger partial charge in [0, 0.05) is 11.1 Å². The summed E-state index contributed by atoms with van der Waals surface area (Å²) in [4.78, 5) is 16.4. The fourth-order valence-electron chi connectivity index (χ4n) is 2.87. The Kier molecular flexibility index (Phi) is 4.67. The molecule has 0 aliphatic heterocycles. The van der Waals surface area contributed by atoms with E-state index >= 15 is 0 Å². The molecular formula is C17H15N3O4S. The van der Waals surface area contributed by atoms with Gasteiger partial charge in [-0.05, 0) is 30.9 Å². The number of benzene rings is 1. The maximum absolute atomic E-state index is 11.3. The summed E-state index contributed by atoms with van der Waals surface area (Å²) in [6, 6.07) is 5.02. The van der Waals surface area contributed by atoms with E-state index in [9.17, 15) is 15.4 Å². The van der Waals surface area contributed by atoms with Crippen LogP contribution in [-0.2, 0) is 12.8 Å². The van der Waals surface area contributed by atoms with E-state index in [-0.39, 0.29) is 11.4 Å². The van der Waals surface area contributed by atoms with E-state index in [1.165, 1.54) is 48.8 Å². The van der Waals surface area contributed by atoms with E-state index in [2.05, 4.69) is 11.1 Å². The maximum Gasteiger partial charge on any atom is 0.282 e. The zero-order valence-electron chi connectivity index (χ0n) is 13.7. The number of thiophene rings is 1. The van der Waals surface area contributed by atoms with Crippen LogP contribution in [0.5, 0.6) is 11.5 Å². The second-order valence-electron chi connectivity index (χ2n) is 5.43. The van der Waals surface area contributed by atoms with E-state index in [0.29, 0.717) is 21.9 Å². The van der Waals surface area contributed by atoms with Crippen molar-refractivity contribution in [3.05, 3.63) is 43.8 Å². The van der Waals surface area contributed by atoms with Gasteiger partial charge in [0.1, 0.15) is 11.1 Å². The van der Waals surface area contributed by atoms with Crippen molar-refractivity contribution in [1.82, 2.24) is 0 Å². The third kappa shape index (κ3) is 3.06. The summed E-state index contributed by atoms with van der Waals surface area (Å²) in [6.07, 6.45) is 4.31. The Morgan fingerprint density at radius 2 is 2.04 bits per heavy atom. The molecule has 25 heavy (non-hydrogen) atoms. The average Bonchev–Trinajstić information content (AvgIpc) is 3.19. The average molecular weight is 357 g/mol. The molecule has 0 radical (unpaired) electrons. The molecule has 1 aliphatic rings. The van der Waals surface area contributed by atoms with Crippen molar-refractivity contribution in [2.75, 3.05) is 14.2 Å². The maximum atomic E-state index is 11.3. The van der Waals surface area contributed by atoms with Crippen molar-refractivity contribution in [3.8, 4) is 17.6 Å². The Hall–Kier alpha value is -2.92. The van der Waals surface area contributed by atoms with Gasteiger partial charge < -0.3 is 9.47 Å². The summed E-state index contributed by atoms with van der Waals surface area (Å²) < 4.78 is 10.3. The number of rotatable bonds is 5. The summed E-state index contributed by atoms with van der Waals surface area (Å²) in [5.41, 5.74) is 1.81. The van der Waals surface area contributed by atoms with Crippen molar-refractivity contribution in [3.63, 3.8) is 0 Å². The lowest BCUT2D eigenvalue weighted by Crippen LogP contribution is -1.98. The van der Waals surface area contributed by atoms with E-state index in [0.717, 1.165) is 24.8 Å². The zero-order chi connectivity index (χ0) is 18.0.